The number of ether oxygens (including phenoxy) is 1. The van der Waals surface area contributed by atoms with Crippen LogP contribution in [0, 0.1) is 23.2 Å². The second-order valence-electron chi connectivity index (χ2n) is 10.6. The average molecular weight is 489 g/mol. The van der Waals surface area contributed by atoms with Crippen LogP contribution in [0.3, 0.4) is 0 Å². The minimum absolute atomic E-state index is 0.000279. The number of unbranched alkanes of at least 4 members (excludes halogenated alkanes) is 1. The molecule has 4 aliphatic rings. The zero-order valence-electron chi connectivity index (χ0n) is 21.0. The van der Waals surface area contributed by atoms with Gasteiger partial charge in [0.25, 0.3) is 0 Å². The number of benzene rings is 1. The second-order valence-corrected chi connectivity index (χ2v) is 10.6. The molecule has 0 aromatic heterocycles. The van der Waals surface area contributed by atoms with E-state index in [-0.39, 0.29) is 5.41 Å². The number of likely N-dealkylation sites (N-methyl/N-ethyl adjacent to an activating group) is 1. The molecule has 0 unspecified atom stereocenters. The Balaban J connectivity index is 0.000000509. The molecule has 5 rings (SSSR count). The predicted octanol–water partition coefficient (Wildman–Crippen LogP) is 3.44. The summed E-state index contributed by atoms with van der Waals surface area (Å²) in [6.07, 6.45) is 10.9. The van der Waals surface area contributed by atoms with Gasteiger partial charge in [-0.2, -0.15) is 0 Å². The minimum atomic E-state index is -1.82. The van der Waals surface area contributed by atoms with Crippen molar-refractivity contribution in [3.05, 3.63) is 29.8 Å². The average Bonchev–Trinajstić information content (AvgIpc) is 2.82. The molecule has 4 saturated carbocycles. The summed E-state index contributed by atoms with van der Waals surface area (Å²) < 4.78 is 5.44. The summed E-state index contributed by atoms with van der Waals surface area (Å²) in [6.45, 7) is 2.93. The molecule has 4 fully saturated rings. The molecule has 0 aliphatic heterocycles. The Morgan fingerprint density at radius 3 is 2.09 bits per heavy atom. The number of rotatable bonds is 10. The van der Waals surface area contributed by atoms with Gasteiger partial charge in [-0.15, -0.1) is 0 Å². The van der Waals surface area contributed by atoms with Crippen molar-refractivity contribution < 1.29 is 29.3 Å². The maximum atomic E-state index is 13.0. The molecule has 1 amide bonds. The van der Waals surface area contributed by atoms with Gasteiger partial charge in [-0.05, 0) is 101 Å². The first-order valence-corrected chi connectivity index (χ1v) is 12.8. The maximum absolute atomic E-state index is 13.0. The van der Waals surface area contributed by atoms with Crippen molar-refractivity contribution in [1.82, 2.24) is 10.2 Å². The molecule has 8 nitrogen and oxygen atoms in total. The van der Waals surface area contributed by atoms with E-state index < -0.39 is 11.9 Å². The smallest absolute Gasteiger partial charge is 0.414 e. The molecule has 0 heterocycles. The lowest BCUT2D eigenvalue weighted by Crippen LogP contribution is -2.53. The van der Waals surface area contributed by atoms with Crippen molar-refractivity contribution in [3.8, 4) is 5.75 Å². The van der Waals surface area contributed by atoms with Crippen LogP contribution in [-0.2, 0) is 20.8 Å². The summed E-state index contributed by atoms with van der Waals surface area (Å²) in [5.41, 5.74) is 1.27. The highest BCUT2D eigenvalue weighted by atomic mass is 16.5. The van der Waals surface area contributed by atoms with Crippen LogP contribution in [0.4, 0.5) is 0 Å². The normalized spacial score (nSPS) is 26.1. The number of carbonyl (C=O) groups excluding carboxylic acids is 1. The highest BCUT2D eigenvalue weighted by molar-refractivity contribution is 6.27. The molecule has 194 valence electrons. The largest absolute Gasteiger partial charge is 0.496 e. The van der Waals surface area contributed by atoms with Crippen molar-refractivity contribution >= 4 is 17.8 Å². The van der Waals surface area contributed by atoms with E-state index in [1.165, 1.54) is 24.8 Å². The summed E-state index contributed by atoms with van der Waals surface area (Å²) in [5.74, 6) is 0.219. The molecule has 1 aromatic carbocycles. The van der Waals surface area contributed by atoms with Crippen LogP contribution < -0.4 is 10.1 Å². The number of methoxy groups -OCH3 is 1. The van der Waals surface area contributed by atoms with Crippen LogP contribution in [0.25, 0.3) is 0 Å². The molecular formula is C27H40N2O6. The number of para-hydroxylation sites is 1. The molecule has 0 radical (unpaired) electrons. The number of carbonyl (C=O) groups is 3. The fourth-order valence-corrected chi connectivity index (χ4v) is 6.62. The van der Waals surface area contributed by atoms with Crippen LogP contribution in [0.15, 0.2) is 24.3 Å². The van der Waals surface area contributed by atoms with E-state index in [9.17, 15) is 4.79 Å². The summed E-state index contributed by atoms with van der Waals surface area (Å²) in [6, 6.07) is 8.27. The Morgan fingerprint density at radius 2 is 1.54 bits per heavy atom. The van der Waals surface area contributed by atoms with Gasteiger partial charge in [0.2, 0.25) is 5.91 Å². The van der Waals surface area contributed by atoms with Crippen molar-refractivity contribution in [2.24, 2.45) is 23.2 Å². The first-order chi connectivity index (χ1) is 16.7. The summed E-state index contributed by atoms with van der Waals surface area (Å²) in [4.78, 5) is 33.6. The molecule has 3 N–H and O–H groups in total. The molecule has 0 saturated heterocycles. The molecule has 0 spiro atoms. The number of hydrogen-bond donors (Lipinski definition) is 3. The van der Waals surface area contributed by atoms with Crippen molar-refractivity contribution in [3.63, 3.8) is 0 Å². The third kappa shape index (κ3) is 7.43. The lowest BCUT2D eigenvalue weighted by molar-refractivity contribution is -0.159. The number of hydrogen-bond acceptors (Lipinski definition) is 5. The lowest BCUT2D eigenvalue weighted by Gasteiger charge is -2.55. The van der Waals surface area contributed by atoms with Crippen LogP contribution in [0.5, 0.6) is 5.75 Å². The molecular weight excluding hydrogens is 448 g/mol. The zero-order chi connectivity index (χ0) is 25.4. The first kappa shape index (κ1) is 27.0. The Hall–Kier alpha value is -2.61. The molecule has 0 atom stereocenters. The van der Waals surface area contributed by atoms with E-state index in [0.29, 0.717) is 5.91 Å². The van der Waals surface area contributed by atoms with Crippen molar-refractivity contribution in [2.75, 3.05) is 33.8 Å². The number of carboxylic acid groups (broad SMARTS) is 2. The van der Waals surface area contributed by atoms with E-state index in [1.807, 2.05) is 12.1 Å². The first-order valence-electron chi connectivity index (χ1n) is 12.8. The van der Waals surface area contributed by atoms with Gasteiger partial charge >= 0.3 is 11.9 Å². The van der Waals surface area contributed by atoms with Gasteiger partial charge in [0, 0.05) is 18.5 Å². The van der Waals surface area contributed by atoms with E-state index >= 15 is 0 Å². The topological polar surface area (TPSA) is 116 Å². The van der Waals surface area contributed by atoms with Crippen LogP contribution in [-0.4, -0.2) is 66.8 Å². The monoisotopic (exact) mass is 488 g/mol. The third-order valence-electron chi connectivity index (χ3n) is 7.91. The Kier molecular flexibility index (Phi) is 9.55. The molecule has 8 heteroatoms. The van der Waals surface area contributed by atoms with Crippen LogP contribution in [0.2, 0.25) is 0 Å². The van der Waals surface area contributed by atoms with Gasteiger partial charge in [-0.3, -0.25) is 4.79 Å². The van der Waals surface area contributed by atoms with Gasteiger partial charge in [0.1, 0.15) is 5.75 Å². The van der Waals surface area contributed by atoms with Crippen molar-refractivity contribution in [1.29, 1.82) is 0 Å². The third-order valence-corrected chi connectivity index (χ3v) is 7.91. The quantitative estimate of drug-likeness (QED) is 0.341. The molecule has 1 aromatic rings. The predicted molar refractivity (Wildman–Crippen MR) is 132 cm³/mol. The minimum Gasteiger partial charge on any atom is -0.496 e. The number of carboxylic acids is 2. The van der Waals surface area contributed by atoms with E-state index in [4.69, 9.17) is 24.5 Å². The van der Waals surface area contributed by atoms with Crippen molar-refractivity contribution in [2.45, 2.75) is 57.8 Å². The fourth-order valence-electron chi connectivity index (χ4n) is 6.62. The van der Waals surface area contributed by atoms with Crippen LogP contribution in [0.1, 0.15) is 56.9 Å². The number of nitrogens with zero attached hydrogens (tertiary/aromatic N) is 1. The number of aliphatic carboxylic acids is 2. The molecule has 4 aliphatic carbocycles. The van der Waals surface area contributed by atoms with E-state index in [0.717, 1.165) is 81.7 Å². The number of nitrogens with one attached hydrogen (secondary N) is 1. The highest BCUT2D eigenvalue weighted by Crippen LogP contribution is 2.60. The van der Waals surface area contributed by atoms with Gasteiger partial charge in [0.05, 0.1) is 7.11 Å². The summed E-state index contributed by atoms with van der Waals surface area (Å²) >= 11 is 0. The second kappa shape index (κ2) is 12.4. The van der Waals surface area contributed by atoms with E-state index in [2.05, 4.69) is 29.4 Å². The maximum Gasteiger partial charge on any atom is 0.414 e. The van der Waals surface area contributed by atoms with Gasteiger partial charge in [-0.25, -0.2) is 9.59 Å². The zero-order valence-corrected chi connectivity index (χ0v) is 21.0. The summed E-state index contributed by atoms with van der Waals surface area (Å²) in [5, 5.41) is 18.1. The van der Waals surface area contributed by atoms with Crippen LogP contribution >= 0.6 is 0 Å². The van der Waals surface area contributed by atoms with Gasteiger partial charge in [0.15, 0.2) is 0 Å². The Bertz CT molecular complexity index is 839. The SMILES string of the molecule is COc1ccccc1CCN(C)CCCCNC(=O)C12CC3CC(CC(C3)C1)C2.O=C(O)C(=O)O. The molecule has 35 heavy (non-hydrogen) atoms. The van der Waals surface area contributed by atoms with Gasteiger partial charge in [-0.1, -0.05) is 18.2 Å². The summed E-state index contributed by atoms with van der Waals surface area (Å²) in [7, 11) is 3.92. The van der Waals surface area contributed by atoms with E-state index in [1.54, 1.807) is 7.11 Å². The Morgan fingerprint density at radius 1 is 0.971 bits per heavy atom. The highest BCUT2D eigenvalue weighted by Gasteiger charge is 2.54. The van der Waals surface area contributed by atoms with Gasteiger partial charge < -0.3 is 25.2 Å². The Labute approximate surface area is 208 Å². The molecule has 4 bridgehead atoms. The number of amides is 1. The fraction of sp³-hybridized carbons (Fsp3) is 0.667. The standard InChI is InChI=1S/C25H38N2O2.C2H2O4/c1-27(12-9-22-7-3-4-8-23(22)29-2)11-6-5-10-26-24(28)25-16-19-13-20(17-25)15-21(14-19)18-25;3-1(4)2(5)6/h3-4,7-8,19-21H,5-6,9-18H2,1-2H3,(H,26,28);(H,3,4)(H,5,6). The lowest BCUT2D eigenvalue weighted by atomic mass is 9.49.